The van der Waals surface area contributed by atoms with Crippen LogP contribution in [0.2, 0.25) is 0 Å². The minimum absolute atomic E-state index is 0.0115. The molecule has 0 radical (unpaired) electrons. The Bertz CT molecular complexity index is 1290. The number of nitrogens with zero attached hydrogens (tertiary/aromatic N) is 1. The number of nitrogens with one attached hydrogen (secondary N) is 3. The fourth-order valence-corrected chi connectivity index (χ4v) is 3.84. The predicted molar refractivity (Wildman–Crippen MR) is 127 cm³/mol. The van der Waals surface area contributed by atoms with Crippen molar-refractivity contribution in [1.29, 1.82) is 0 Å². The maximum Gasteiger partial charge on any atom is 0.418 e. The summed E-state index contributed by atoms with van der Waals surface area (Å²) in [6.45, 7) is 0.371. The fourth-order valence-electron chi connectivity index (χ4n) is 3.84. The predicted octanol–water partition coefficient (Wildman–Crippen LogP) is 3.77. The number of nitrogen functional groups attached to an aromatic ring is 1. The van der Waals surface area contributed by atoms with Crippen molar-refractivity contribution in [2.24, 2.45) is 0 Å². The molecule has 0 saturated carbocycles. The molecule has 37 heavy (non-hydrogen) atoms. The third kappa shape index (κ3) is 6.15. The Labute approximate surface area is 209 Å². The van der Waals surface area contributed by atoms with Gasteiger partial charge in [-0.05, 0) is 42.0 Å². The van der Waals surface area contributed by atoms with Crippen molar-refractivity contribution in [3.8, 4) is 0 Å². The van der Waals surface area contributed by atoms with Gasteiger partial charge in [0.1, 0.15) is 11.4 Å². The molecule has 3 aromatic rings. The molecule has 12 heteroatoms. The molecule has 1 fully saturated rings. The molecule has 0 aliphatic carbocycles. The molecule has 0 bridgehead atoms. The van der Waals surface area contributed by atoms with E-state index in [2.05, 4.69) is 20.9 Å². The van der Waals surface area contributed by atoms with Gasteiger partial charge >= 0.3 is 6.18 Å². The summed E-state index contributed by atoms with van der Waals surface area (Å²) in [4.78, 5) is 29.6. The van der Waals surface area contributed by atoms with Crippen molar-refractivity contribution in [2.75, 3.05) is 24.3 Å². The standard InChI is InChI=1S/C25H23F4N5O3/c26-17-3-6-21(20(10-17)25(27,28)29)33-19-4-1-15(2-5-19)11-32-23(36)24(7-8-37-14-24)34-22(35)16-9-18(30)13-31-12-16/h1-6,9-10,12-13,33H,7-8,11,14,30H2,(H,32,36)(H,34,35)/t24-/m0/s1. The number of alkyl halides is 3. The molecule has 1 saturated heterocycles. The van der Waals surface area contributed by atoms with Crippen molar-refractivity contribution in [1.82, 2.24) is 15.6 Å². The summed E-state index contributed by atoms with van der Waals surface area (Å²) in [5, 5.41) is 8.14. The number of ether oxygens (including phenoxy) is 1. The molecule has 1 aliphatic rings. The van der Waals surface area contributed by atoms with E-state index >= 15 is 0 Å². The Kier molecular flexibility index (Phi) is 7.30. The van der Waals surface area contributed by atoms with E-state index in [4.69, 9.17) is 10.5 Å². The average Bonchev–Trinajstić information content (AvgIpc) is 3.33. The fraction of sp³-hybridized carbons (Fsp3) is 0.240. The summed E-state index contributed by atoms with van der Waals surface area (Å²) in [5.74, 6) is -1.96. The first-order valence-corrected chi connectivity index (χ1v) is 11.2. The third-order valence-corrected chi connectivity index (χ3v) is 5.80. The minimum Gasteiger partial charge on any atom is -0.397 e. The molecule has 1 atom stereocenters. The molecule has 5 N–H and O–H groups in total. The lowest BCUT2D eigenvalue weighted by molar-refractivity contribution is -0.137. The summed E-state index contributed by atoms with van der Waals surface area (Å²) in [6.07, 6.45) is -1.73. The molecule has 1 aliphatic heterocycles. The minimum atomic E-state index is -4.73. The molecule has 0 spiro atoms. The van der Waals surface area contributed by atoms with Crippen molar-refractivity contribution in [3.05, 3.63) is 83.4 Å². The monoisotopic (exact) mass is 517 g/mol. The molecule has 194 valence electrons. The highest BCUT2D eigenvalue weighted by molar-refractivity contribution is 5.99. The molecular weight excluding hydrogens is 494 g/mol. The number of carbonyl (C=O) groups is 2. The van der Waals surface area contributed by atoms with Crippen LogP contribution in [-0.2, 0) is 22.3 Å². The lowest BCUT2D eigenvalue weighted by atomic mass is 9.96. The first-order chi connectivity index (χ1) is 17.6. The van der Waals surface area contributed by atoms with Gasteiger partial charge in [0.05, 0.1) is 29.1 Å². The Morgan fingerprint density at radius 2 is 1.84 bits per heavy atom. The molecule has 8 nitrogen and oxygen atoms in total. The third-order valence-electron chi connectivity index (χ3n) is 5.80. The number of nitrogens with two attached hydrogens (primary N) is 1. The van der Waals surface area contributed by atoms with Gasteiger partial charge in [-0.3, -0.25) is 14.6 Å². The van der Waals surface area contributed by atoms with Gasteiger partial charge in [-0.15, -0.1) is 0 Å². The Hall–Kier alpha value is -4.19. The number of pyridine rings is 1. The largest absolute Gasteiger partial charge is 0.418 e. The number of anilines is 3. The van der Waals surface area contributed by atoms with Crippen LogP contribution in [0.15, 0.2) is 60.9 Å². The van der Waals surface area contributed by atoms with E-state index in [-0.39, 0.29) is 37.4 Å². The van der Waals surface area contributed by atoms with E-state index < -0.39 is 34.9 Å². The van der Waals surface area contributed by atoms with Gasteiger partial charge in [0, 0.05) is 37.7 Å². The first-order valence-electron chi connectivity index (χ1n) is 11.2. The number of rotatable bonds is 7. The van der Waals surface area contributed by atoms with Gasteiger partial charge in [0.15, 0.2) is 0 Å². The quantitative estimate of drug-likeness (QED) is 0.355. The Morgan fingerprint density at radius 3 is 2.49 bits per heavy atom. The van der Waals surface area contributed by atoms with Crippen LogP contribution in [0.4, 0.5) is 34.6 Å². The summed E-state index contributed by atoms with van der Waals surface area (Å²) in [6, 6.07) is 10.1. The SMILES string of the molecule is Nc1cncc(C(=O)N[C@@]2(C(=O)NCc3ccc(Nc4ccc(F)cc4C(F)(F)F)cc3)CCOC2)c1. The number of carbonyl (C=O) groups excluding carboxylic acids is 2. The number of halogens is 4. The Morgan fingerprint density at radius 1 is 1.08 bits per heavy atom. The maximum absolute atomic E-state index is 13.3. The molecule has 0 unspecified atom stereocenters. The Balaban J connectivity index is 1.40. The molecule has 2 aromatic carbocycles. The summed E-state index contributed by atoms with van der Waals surface area (Å²) in [5.41, 5.74) is 4.51. The van der Waals surface area contributed by atoms with E-state index in [0.717, 1.165) is 12.1 Å². The van der Waals surface area contributed by atoms with Gasteiger partial charge in [-0.25, -0.2) is 4.39 Å². The second-order valence-corrected chi connectivity index (χ2v) is 8.54. The number of hydrogen-bond acceptors (Lipinski definition) is 6. The summed E-state index contributed by atoms with van der Waals surface area (Å²) in [7, 11) is 0. The van der Waals surface area contributed by atoms with Crippen LogP contribution >= 0.6 is 0 Å². The van der Waals surface area contributed by atoms with Crippen LogP contribution in [-0.4, -0.2) is 35.6 Å². The van der Waals surface area contributed by atoms with Crippen molar-refractivity contribution in [2.45, 2.75) is 24.7 Å². The summed E-state index contributed by atoms with van der Waals surface area (Å²) >= 11 is 0. The average molecular weight is 517 g/mol. The second kappa shape index (κ2) is 10.4. The van der Waals surface area contributed by atoms with Gasteiger partial charge in [-0.1, -0.05) is 12.1 Å². The number of hydrogen-bond donors (Lipinski definition) is 4. The van der Waals surface area contributed by atoms with Crippen molar-refractivity contribution in [3.63, 3.8) is 0 Å². The van der Waals surface area contributed by atoms with Crippen molar-refractivity contribution >= 4 is 28.9 Å². The topological polar surface area (TPSA) is 118 Å². The highest BCUT2D eigenvalue weighted by Crippen LogP contribution is 2.36. The van der Waals surface area contributed by atoms with E-state index in [9.17, 15) is 27.2 Å². The summed E-state index contributed by atoms with van der Waals surface area (Å²) < 4.78 is 58.4. The number of amides is 2. The molecular formula is C25H23F4N5O3. The second-order valence-electron chi connectivity index (χ2n) is 8.54. The molecule has 1 aromatic heterocycles. The molecule has 4 rings (SSSR count). The van der Waals surface area contributed by atoms with Crippen LogP contribution in [0.25, 0.3) is 0 Å². The molecule has 2 heterocycles. The zero-order valence-corrected chi connectivity index (χ0v) is 19.4. The molecule has 2 amide bonds. The van der Waals surface area contributed by atoms with Gasteiger partial charge in [-0.2, -0.15) is 13.2 Å². The maximum atomic E-state index is 13.3. The normalized spacial score (nSPS) is 17.3. The number of aromatic nitrogens is 1. The first kappa shape index (κ1) is 25.9. The van der Waals surface area contributed by atoms with Crippen LogP contribution in [0.1, 0.15) is 27.9 Å². The van der Waals surface area contributed by atoms with E-state index in [0.29, 0.717) is 23.0 Å². The number of benzene rings is 2. The van der Waals surface area contributed by atoms with Crippen LogP contribution in [0, 0.1) is 5.82 Å². The van der Waals surface area contributed by atoms with Gasteiger partial charge < -0.3 is 26.4 Å². The van der Waals surface area contributed by atoms with E-state index in [1.807, 2.05) is 0 Å². The zero-order chi connectivity index (χ0) is 26.6. The van der Waals surface area contributed by atoms with Crippen LogP contribution < -0.4 is 21.7 Å². The van der Waals surface area contributed by atoms with Crippen molar-refractivity contribution < 1.29 is 31.9 Å². The lowest BCUT2D eigenvalue weighted by Crippen LogP contribution is -2.59. The van der Waals surface area contributed by atoms with Gasteiger partial charge in [0.25, 0.3) is 5.91 Å². The van der Waals surface area contributed by atoms with E-state index in [1.165, 1.54) is 30.6 Å². The smallest absolute Gasteiger partial charge is 0.397 e. The highest BCUT2D eigenvalue weighted by Gasteiger charge is 2.43. The van der Waals surface area contributed by atoms with Gasteiger partial charge in [0.2, 0.25) is 5.91 Å². The zero-order valence-electron chi connectivity index (χ0n) is 19.4. The van der Waals surface area contributed by atoms with E-state index in [1.54, 1.807) is 12.1 Å². The van der Waals surface area contributed by atoms with Crippen LogP contribution in [0.3, 0.4) is 0 Å². The highest BCUT2D eigenvalue weighted by atomic mass is 19.4. The lowest BCUT2D eigenvalue weighted by Gasteiger charge is -2.27. The van der Waals surface area contributed by atoms with Crippen LogP contribution in [0.5, 0.6) is 0 Å².